The quantitative estimate of drug-likeness (QED) is 0.776. The molecule has 4 nitrogen and oxygen atoms in total. The lowest BCUT2D eigenvalue weighted by atomic mass is 10.4. The van der Waals surface area contributed by atoms with E-state index in [0.717, 1.165) is 16.2 Å². The van der Waals surface area contributed by atoms with Gasteiger partial charge in [0.2, 0.25) is 0 Å². The summed E-state index contributed by atoms with van der Waals surface area (Å²) in [5, 5.41) is 0. The van der Waals surface area contributed by atoms with Crippen molar-refractivity contribution in [1.29, 1.82) is 0 Å². The summed E-state index contributed by atoms with van der Waals surface area (Å²) in [6, 6.07) is 0. The van der Waals surface area contributed by atoms with E-state index in [0.29, 0.717) is 10.6 Å². The molecule has 0 spiro atoms. The minimum atomic E-state index is -4.24. The van der Waals surface area contributed by atoms with Crippen LogP contribution in [0.5, 0.6) is 0 Å². The molecule has 0 aliphatic heterocycles. The van der Waals surface area contributed by atoms with Crippen molar-refractivity contribution >= 4 is 17.3 Å². The Kier molecular flexibility index (Phi) is 5.09. The maximum Gasteiger partial charge on any atom is 0.401 e. The van der Waals surface area contributed by atoms with Gasteiger partial charge in [-0.15, -0.1) is 11.3 Å². The second-order valence-electron chi connectivity index (χ2n) is 3.76. The lowest BCUT2D eigenvalue weighted by Crippen LogP contribution is -2.33. The predicted octanol–water partition coefficient (Wildman–Crippen LogP) is 2.10. The van der Waals surface area contributed by atoms with Gasteiger partial charge in [0.15, 0.2) is 0 Å². The smallest absolute Gasteiger partial charge is 0.401 e. The van der Waals surface area contributed by atoms with Crippen LogP contribution in [0.3, 0.4) is 0 Å². The van der Waals surface area contributed by atoms with E-state index >= 15 is 0 Å². The number of likely N-dealkylation sites (N-methyl/N-ethyl adjacent to an activating group) is 1. The fourth-order valence-corrected chi connectivity index (χ4v) is 1.94. The maximum absolute atomic E-state index is 12.0. The molecule has 0 radical (unpaired) electrons. The molecule has 0 aliphatic carbocycles. The van der Waals surface area contributed by atoms with Gasteiger partial charge in [-0.25, -0.2) is 9.78 Å². The molecule has 0 bridgehead atoms. The molecular weight excluding hydrogens is 269 g/mol. The monoisotopic (exact) mass is 282 g/mol. The Morgan fingerprint density at radius 3 is 2.72 bits per heavy atom. The van der Waals surface area contributed by atoms with Crippen molar-refractivity contribution in [3.8, 4) is 0 Å². The number of thiazole rings is 1. The zero-order valence-corrected chi connectivity index (χ0v) is 10.8. The number of nitrogens with zero attached hydrogens (tertiary/aromatic N) is 2. The van der Waals surface area contributed by atoms with Crippen molar-refractivity contribution < 1.29 is 22.7 Å². The first kappa shape index (κ1) is 14.9. The molecule has 1 rings (SSSR count). The third kappa shape index (κ3) is 5.01. The van der Waals surface area contributed by atoms with E-state index in [2.05, 4.69) is 4.98 Å². The lowest BCUT2D eigenvalue weighted by molar-refractivity contribution is -0.143. The summed E-state index contributed by atoms with van der Waals surface area (Å²) in [5.41, 5.74) is 2.08. The Bertz CT molecular complexity index is 406. The molecule has 0 atom stereocenters. The number of alkyl halides is 3. The van der Waals surface area contributed by atoms with Crippen LogP contribution in [0.4, 0.5) is 13.2 Å². The maximum atomic E-state index is 12.0. The van der Waals surface area contributed by atoms with Gasteiger partial charge in [-0.3, -0.25) is 4.90 Å². The minimum absolute atomic E-state index is 0.0309. The van der Waals surface area contributed by atoms with E-state index in [9.17, 15) is 18.0 Å². The average molecular weight is 282 g/mol. The zero-order chi connectivity index (χ0) is 13.8. The number of ether oxygens (including phenoxy) is 1. The molecule has 18 heavy (non-hydrogen) atoms. The topological polar surface area (TPSA) is 42.4 Å². The van der Waals surface area contributed by atoms with E-state index in [4.69, 9.17) is 4.74 Å². The van der Waals surface area contributed by atoms with Gasteiger partial charge in [0, 0.05) is 6.54 Å². The molecule has 0 saturated heterocycles. The summed E-state index contributed by atoms with van der Waals surface area (Å²) in [5.74, 6) is -0.546. The second-order valence-corrected chi connectivity index (χ2v) is 4.61. The highest BCUT2D eigenvalue weighted by Crippen LogP contribution is 2.16. The van der Waals surface area contributed by atoms with Gasteiger partial charge >= 0.3 is 12.1 Å². The standard InChI is InChI=1S/C10H13F3N2O2S/c1-7-8(18-6-14-7)9(16)17-4-3-15(2)5-10(11,12)13/h6H,3-5H2,1-2H3. The van der Waals surface area contributed by atoms with Crippen LogP contribution in [0.2, 0.25) is 0 Å². The summed E-state index contributed by atoms with van der Waals surface area (Å²) < 4.78 is 40.9. The molecule has 0 saturated carbocycles. The molecule has 1 aromatic rings. The number of esters is 1. The van der Waals surface area contributed by atoms with Gasteiger partial charge in [-0.2, -0.15) is 13.2 Å². The molecule has 0 aromatic carbocycles. The Labute approximate surface area is 106 Å². The van der Waals surface area contributed by atoms with Crippen molar-refractivity contribution in [2.24, 2.45) is 0 Å². The van der Waals surface area contributed by atoms with Gasteiger partial charge in [0.05, 0.1) is 17.7 Å². The number of rotatable bonds is 5. The molecule has 0 N–H and O–H groups in total. The van der Waals surface area contributed by atoms with E-state index in [1.807, 2.05) is 0 Å². The third-order valence-corrected chi connectivity index (χ3v) is 2.99. The highest BCUT2D eigenvalue weighted by Gasteiger charge is 2.29. The van der Waals surface area contributed by atoms with E-state index < -0.39 is 18.7 Å². The molecule has 0 aliphatic rings. The highest BCUT2D eigenvalue weighted by molar-refractivity contribution is 7.11. The number of hydrogen-bond donors (Lipinski definition) is 0. The second kappa shape index (κ2) is 6.14. The molecule has 1 aromatic heterocycles. The van der Waals surface area contributed by atoms with Crippen molar-refractivity contribution in [1.82, 2.24) is 9.88 Å². The van der Waals surface area contributed by atoms with Crippen molar-refractivity contribution in [3.63, 3.8) is 0 Å². The molecule has 0 fully saturated rings. The summed E-state index contributed by atoms with van der Waals surface area (Å²) >= 11 is 1.15. The van der Waals surface area contributed by atoms with Crippen LogP contribution >= 0.6 is 11.3 Å². The Balaban J connectivity index is 2.30. The highest BCUT2D eigenvalue weighted by atomic mass is 32.1. The number of aryl methyl sites for hydroxylation is 1. The van der Waals surface area contributed by atoms with Crippen LogP contribution in [0.15, 0.2) is 5.51 Å². The SMILES string of the molecule is Cc1ncsc1C(=O)OCCN(C)CC(F)(F)F. The fraction of sp³-hybridized carbons (Fsp3) is 0.600. The summed E-state index contributed by atoms with van der Waals surface area (Å²) in [4.78, 5) is 16.8. The largest absolute Gasteiger partial charge is 0.460 e. The van der Waals surface area contributed by atoms with E-state index in [1.165, 1.54) is 12.6 Å². The van der Waals surface area contributed by atoms with E-state index in [1.54, 1.807) is 6.92 Å². The van der Waals surface area contributed by atoms with Crippen LogP contribution in [-0.4, -0.2) is 48.8 Å². The number of halogens is 3. The van der Waals surface area contributed by atoms with Crippen LogP contribution in [0, 0.1) is 6.92 Å². The predicted molar refractivity (Wildman–Crippen MR) is 60.7 cm³/mol. The summed E-state index contributed by atoms with van der Waals surface area (Å²) in [6.45, 7) is 0.596. The van der Waals surface area contributed by atoms with Crippen LogP contribution < -0.4 is 0 Å². The number of aromatic nitrogens is 1. The van der Waals surface area contributed by atoms with Gasteiger partial charge in [0.25, 0.3) is 0 Å². The number of carbonyl (C=O) groups excluding carboxylic acids is 1. The van der Waals surface area contributed by atoms with Crippen LogP contribution in [0.1, 0.15) is 15.4 Å². The van der Waals surface area contributed by atoms with Crippen molar-refractivity contribution in [3.05, 3.63) is 16.1 Å². The normalized spacial score (nSPS) is 11.9. The van der Waals surface area contributed by atoms with Crippen molar-refractivity contribution in [2.45, 2.75) is 13.1 Å². The van der Waals surface area contributed by atoms with Gasteiger partial charge in [0.1, 0.15) is 11.5 Å². The first-order valence-electron chi connectivity index (χ1n) is 5.12. The van der Waals surface area contributed by atoms with Crippen LogP contribution in [0.25, 0.3) is 0 Å². The molecule has 102 valence electrons. The van der Waals surface area contributed by atoms with E-state index in [-0.39, 0.29) is 13.2 Å². The lowest BCUT2D eigenvalue weighted by Gasteiger charge is -2.17. The van der Waals surface area contributed by atoms with Gasteiger partial charge in [-0.1, -0.05) is 0 Å². The fourth-order valence-electron chi connectivity index (χ4n) is 1.24. The molecular formula is C10H13F3N2O2S. The molecule has 8 heteroatoms. The van der Waals surface area contributed by atoms with Crippen molar-refractivity contribution in [2.75, 3.05) is 26.7 Å². The molecule has 0 amide bonds. The summed E-state index contributed by atoms with van der Waals surface area (Å²) in [7, 11) is 1.32. The Morgan fingerprint density at radius 2 is 2.22 bits per heavy atom. The number of hydrogen-bond acceptors (Lipinski definition) is 5. The third-order valence-electron chi connectivity index (χ3n) is 2.09. The van der Waals surface area contributed by atoms with Crippen LogP contribution in [-0.2, 0) is 4.74 Å². The first-order valence-corrected chi connectivity index (χ1v) is 6.00. The molecule has 1 heterocycles. The zero-order valence-electron chi connectivity index (χ0n) is 9.95. The minimum Gasteiger partial charge on any atom is -0.460 e. The Morgan fingerprint density at radius 1 is 1.56 bits per heavy atom. The molecule has 0 unspecified atom stereocenters. The first-order chi connectivity index (χ1) is 8.29. The van der Waals surface area contributed by atoms with Gasteiger partial charge in [-0.05, 0) is 14.0 Å². The number of carbonyl (C=O) groups is 1. The van der Waals surface area contributed by atoms with Gasteiger partial charge < -0.3 is 4.74 Å². The average Bonchev–Trinajstić information content (AvgIpc) is 2.61. The Hall–Kier alpha value is -1.15. The summed E-state index contributed by atoms with van der Waals surface area (Å²) in [6.07, 6.45) is -4.24.